The molecule has 0 radical (unpaired) electrons. The molecule has 0 amide bonds. The van der Waals surface area contributed by atoms with Crippen LogP contribution in [-0.4, -0.2) is 31.8 Å². The number of phenolic OH excluding ortho intramolecular Hbond substituents is 1. The van der Waals surface area contributed by atoms with Gasteiger partial charge in [0.15, 0.2) is 0 Å². The van der Waals surface area contributed by atoms with Crippen molar-refractivity contribution in [3.8, 4) is 5.75 Å². The number of hydrogen-bond donors (Lipinski definition) is 2. The van der Waals surface area contributed by atoms with E-state index in [4.69, 9.17) is 21.5 Å². The van der Waals surface area contributed by atoms with E-state index in [9.17, 15) is 18.3 Å². The van der Waals surface area contributed by atoms with Gasteiger partial charge in [0.2, 0.25) is 10.0 Å². The quantitative estimate of drug-likeness (QED) is 0.422. The van der Waals surface area contributed by atoms with E-state index in [1.165, 1.54) is 12.1 Å². The number of carbonyl (C=O) groups is 1. The molecule has 2 aromatic rings. The molecule has 3 N–H and O–H groups in total. The molecule has 3 aliphatic rings. The van der Waals surface area contributed by atoms with Crippen LogP contribution in [0.5, 0.6) is 5.75 Å². The molecule has 3 unspecified atom stereocenters. The number of fused-ring (bicyclic) bond motifs is 5. The second kappa shape index (κ2) is 8.57. The number of nitrogens with two attached hydrogens (primary N) is 1. The molecule has 6 nitrogen and oxygen atoms in total. The van der Waals surface area contributed by atoms with Crippen molar-refractivity contribution in [3.63, 3.8) is 0 Å². The second-order valence-electron chi connectivity index (χ2n) is 10.7. The van der Waals surface area contributed by atoms with Gasteiger partial charge in [-0.25, -0.2) is 22.7 Å². The molecule has 9 heteroatoms. The summed E-state index contributed by atoms with van der Waals surface area (Å²) < 4.78 is 45.2. The third-order valence-electron chi connectivity index (χ3n) is 8.76. The average molecular weight is 534 g/mol. The van der Waals surface area contributed by atoms with Crippen molar-refractivity contribution in [3.05, 3.63) is 70.8 Å². The van der Waals surface area contributed by atoms with E-state index in [-0.39, 0.29) is 44.9 Å². The summed E-state index contributed by atoms with van der Waals surface area (Å²) in [6.07, 6.45) is 3.09. The lowest BCUT2D eigenvalue weighted by molar-refractivity contribution is -0.0177. The van der Waals surface area contributed by atoms with Crippen LogP contribution in [0.25, 0.3) is 0 Å². The lowest BCUT2D eigenvalue weighted by atomic mass is 9.48. The number of esters is 1. The predicted octanol–water partition coefficient (Wildman–Crippen LogP) is 5.06. The first-order valence-corrected chi connectivity index (χ1v) is 13.9. The molecule has 0 aliphatic heterocycles. The summed E-state index contributed by atoms with van der Waals surface area (Å²) in [6, 6.07) is 8.84. The lowest BCUT2D eigenvalue weighted by Crippen LogP contribution is -2.54. The minimum absolute atomic E-state index is 0.0507. The Kier molecular flexibility index (Phi) is 6.01. The maximum Gasteiger partial charge on any atom is 0.339 e. The zero-order valence-corrected chi connectivity index (χ0v) is 21.5. The van der Waals surface area contributed by atoms with Gasteiger partial charge in [0.25, 0.3) is 0 Å². The first-order chi connectivity index (χ1) is 16.9. The molecular weight excluding hydrogens is 505 g/mol. The monoisotopic (exact) mass is 533 g/mol. The minimum Gasteiger partial charge on any atom is -0.508 e. The van der Waals surface area contributed by atoms with Gasteiger partial charge in [-0.15, -0.1) is 6.58 Å². The molecule has 0 spiro atoms. The molecule has 0 bridgehead atoms. The van der Waals surface area contributed by atoms with Crippen molar-refractivity contribution in [2.24, 2.45) is 22.4 Å². The minimum atomic E-state index is -4.02. The highest BCUT2D eigenvalue weighted by Crippen LogP contribution is 2.64. The van der Waals surface area contributed by atoms with E-state index in [2.05, 4.69) is 13.5 Å². The van der Waals surface area contributed by atoms with Crippen molar-refractivity contribution in [1.82, 2.24) is 0 Å². The number of alkyl halides is 1. The van der Waals surface area contributed by atoms with Crippen LogP contribution in [0.3, 0.4) is 0 Å². The fourth-order valence-corrected chi connectivity index (χ4v) is 7.86. The number of rotatable bonds is 4. The number of phenols is 1. The number of hydrogen-bond acceptors (Lipinski definition) is 5. The molecule has 5 rings (SSSR count). The Labute approximate surface area is 215 Å². The highest BCUT2D eigenvalue weighted by molar-refractivity contribution is 7.89. The molecule has 0 heterocycles. The average Bonchev–Trinajstić information content (AvgIpc) is 3.13. The SMILES string of the molecule is C=C[C@]12CC[C@]3(C)C[C@H](OC(=O)c4cc(S(N)(=O)=O)ccc4Cl)CC3C1C(F)Cc1cc(O)ccc12. The maximum absolute atomic E-state index is 15.9. The number of benzene rings is 2. The first kappa shape index (κ1) is 25.2. The highest BCUT2D eigenvalue weighted by atomic mass is 35.5. The molecule has 2 saturated carbocycles. The van der Waals surface area contributed by atoms with E-state index < -0.39 is 33.7 Å². The summed E-state index contributed by atoms with van der Waals surface area (Å²) in [5.41, 5.74) is 0.971. The van der Waals surface area contributed by atoms with Crippen molar-refractivity contribution in [1.29, 1.82) is 0 Å². The van der Waals surface area contributed by atoms with Gasteiger partial charge in [-0.05, 0) is 78.5 Å². The fourth-order valence-electron chi connectivity index (χ4n) is 7.13. The summed E-state index contributed by atoms with van der Waals surface area (Å²) in [5, 5.41) is 15.2. The van der Waals surface area contributed by atoms with Gasteiger partial charge in [-0.1, -0.05) is 30.7 Å². The summed E-state index contributed by atoms with van der Waals surface area (Å²) in [6.45, 7) is 6.24. The number of halogens is 2. The van der Waals surface area contributed by atoms with Crippen LogP contribution >= 0.6 is 11.6 Å². The van der Waals surface area contributed by atoms with Crippen molar-refractivity contribution < 1.29 is 27.4 Å². The van der Waals surface area contributed by atoms with E-state index in [0.717, 1.165) is 30.0 Å². The second-order valence-corrected chi connectivity index (χ2v) is 12.7. The molecule has 0 saturated heterocycles. The van der Waals surface area contributed by atoms with Crippen LogP contribution in [0.15, 0.2) is 53.9 Å². The Bertz CT molecular complexity index is 1360. The number of ether oxygens (including phenoxy) is 1. The van der Waals surface area contributed by atoms with Gasteiger partial charge in [-0.2, -0.15) is 0 Å². The Morgan fingerprint density at radius 3 is 2.72 bits per heavy atom. The normalized spacial score (nSPS) is 33.2. The number of carbonyl (C=O) groups excluding carboxylic acids is 1. The molecule has 2 fully saturated rings. The summed E-state index contributed by atoms with van der Waals surface area (Å²) in [7, 11) is -4.02. The molecule has 36 heavy (non-hydrogen) atoms. The number of sulfonamides is 1. The van der Waals surface area contributed by atoms with Gasteiger partial charge >= 0.3 is 5.97 Å². The number of primary sulfonamides is 1. The Morgan fingerprint density at radius 2 is 2.03 bits per heavy atom. The molecule has 6 atom stereocenters. The Balaban J connectivity index is 1.44. The largest absolute Gasteiger partial charge is 0.508 e. The fraction of sp³-hybridized carbons (Fsp3) is 0.444. The van der Waals surface area contributed by atoms with Gasteiger partial charge < -0.3 is 9.84 Å². The number of aromatic hydroxyl groups is 1. The van der Waals surface area contributed by atoms with Crippen molar-refractivity contribution in [2.75, 3.05) is 0 Å². The van der Waals surface area contributed by atoms with E-state index in [1.807, 2.05) is 12.1 Å². The zero-order valence-electron chi connectivity index (χ0n) is 19.9. The summed E-state index contributed by atoms with van der Waals surface area (Å²) >= 11 is 6.17. The van der Waals surface area contributed by atoms with E-state index in [1.54, 1.807) is 12.1 Å². The standard InChI is InChI=1S/C27H29ClFNO5S/c1-3-27-9-8-26(2)14-17(35-25(32)19-13-18(36(30,33)34)5-7-22(19)28)12-21(26)24(27)23(29)11-15-10-16(31)4-6-20(15)27/h3-7,10,13,17,21,23-24,31H,1,8-9,11-12,14H2,2H3,(H2,30,33,34)/t17-,21?,23?,24?,26-,27-/m1/s1. The van der Waals surface area contributed by atoms with Crippen LogP contribution in [0.4, 0.5) is 4.39 Å². The van der Waals surface area contributed by atoms with Crippen LogP contribution < -0.4 is 5.14 Å². The van der Waals surface area contributed by atoms with Crippen LogP contribution in [0, 0.1) is 17.3 Å². The Hall–Kier alpha value is -2.42. The number of allylic oxidation sites excluding steroid dienone is 1. The van der Waals surface area contributed by atoms with Crippen LogP contribution in [0.2, 0.25) is 5.02 Å². The lowest BCUT2D eigenvalue weighted by Gasteiger charge is -2.56. The highest BCUT2D eigenvalue weighted by Gasteiger charge is 2.61. The van der Waals surface area contributed by atoms with Crippen molar-refractivity contribution in [2.45, 2.75) is 61.6 Å². The summed E-state index contributed by atoms with van der Waals surface area (Å²) in [5.74, 6) is -0.986. The van der Waals surface area contributed by atoms with Gasteiger partial charge in [0.1, 0.15) is 18.0 Å². The van der Waals surface area contributed by atoms with Crippen LogP contribution in [-0.2, 0) is 26.6 Å². The molecule has 2 aromatic carbocycles. The molecule has 0 aromatic heterocycles. The van der Waals surface area contributed by atoms with Crippen LogP contribution in [0.1, 0.15) is 54.1 Å². The maximum atomic E-state index is 15.9. The first-order valence-electron chi connectivity index (χ1n) is 12.0. The zero-order chi connectivity index (χ0) is 26.0. The van der Waals surface area contributed by atoms with Crippen molar-refractivity contribution >= 4 is 27.6 Å². The van der Waals surface area contributed by atoms with Gasteiger partial charge in [0, 0.05) is 17.8 Å². The van der Waals surface area contributed by atoms with Gasteiger partial charge in [0.05, 0.1) is 15.5 Å². The third kappa shape index (κ3) is 3.94. The Morgan fingerprint density at radius 1 is 1.28 bits per heavy atom. The summed E-state index contributed by atoms with van der Waals surface area (Å²) in [4.78, 5) is 12.8. The van der Waals surface area contributed by atoms with E-state index >= 15 is 4.39 Å². The third-order valence-corrected chi connectivity index (χ3v) is 10.0. The predicted molar refractivity (Wildman–Crippen MR) is 134 cm³/mol. The topological polar surface area (TPSA) is 107 Å². The molecule has 3 aliphatic carbocycles. The van der Waals surface area contributed by atoms with Gasteiger partial charge in [-0.3, -0.25) is 0 Å². The smallest absolute Gasteiger partial charge is 0.339 e. The van der Waals surface area contributed by atoms with E-state index in [0.29, 0.717) is 12.8 Å². The molecular formula is C27H29ClFNO5S. The molecule has 192 valence electrons.